The van der Waals surface area contributed by atoms with Gasteiger partial charge in [0.1, 0.15) is 11.6 Å². The number of H-pyrrole nitrogens is 1. The second-order valence-corrected chi connectivity index (χ2v) is 6.68. The van der Waals surface area contributed by atoms with Gasteiger partial charge in [-0.1, -0.05) is 6.07 Å². The van der Waals surface area contributed by atoms with Crippen LogP contribution in [0.25, 0.3) is 11.4 Å². The Morgan fingerprint density at radius 3 is 2.75 bits per heavy atom. The molecule has 0 unspecified atom stereocenters. The van der Waals surface area contributed by atoms with Crippen molar-refractivity contribution in [1.82, 2.24) is 9.97 Å². The minimum absolute atomic E-state index is 0.155. The standard InChI is InChI=1S/C18H15F2N3S/c19-14-9-17(15(20)8-13(14)11-4-5-11)23-24-12-7-18(22-10-12)16-3-1-2-6-21-16/h1-3,6-11,22-23H,4-5H2. The smallest absolute Gasteiger partial charge is 0.147 e. The fourth-order valence-electron chi connectivity index (χ4n) is 2.56. The zero-order valence-corrected chi connectivity index (χ0v) is 13.5. The molecular formula is C18H15F2N3S. The van der Waals surface area contributed by atoms with Gasteiger partial charge >= 0.3 is 0 Å². The Kier molecular flexibility index (Phi) is 3.98. The highest BCUT2D eigenvalue weighted by atomic mass is 32.2. The lowest BCUT2D eigenvalue weighted by Crippen LogP contribution is -1.96. The van der Waals surface area contributed by atoms with Crippen LogP contribution in [-0.4, -0.2) is 9.97 Å². The summed E-state index contributed by atoms with van der Waals surface area (Å²) in [6, 6.07) is 10.1. The zero-order chi connectivity index (χ0) is 16.5. The Morgan fingerprint density at radius 2 is 2.00 bits per heavy atom. The van der Waals surface area contributed by atoms with Crippen LogP contribution in [0.3, 0.4) is 0 Å². The van der Waals surface area contributed by atoms with Crippen LogP contribution in [0.15, 0.2) is 53.7 Å². The maximum Gasteiger partial charge on any atom is 0.147 e. The fraction of sp³-hybridized carbons (Fsp3) is 0.167. The summed E-state index contributed by atoms with van der Waals surface area (Å²) in [6.45, 7) is 0. The van der Waals surface area contributed by atoms with Gasteiger partial charge in [0, 0.05) is 23.4 Å². The van der Waals surface area contributed by atoms with E-state index in [1.807, 2.05) is 24.3 Å². The van der Waals surface area contributed by atoms with Gasteiger partial charge < -0.3 is 9.71 Å². The van der Waals surface area contributed by atoms with Gasteiger partial charge in [0.2, 0.25) is 0 Å². The molecule has 0 radical (unpaired) electrons. The van der Waals surface area contributed by atoms with E-state index in [4.69, 9.17) is 0 Å². The maximum absolute atomic E-state index is 14.1. The van der Waals surface area contributed by atoms with Crippen molar-refractivity contribution in [3.8, 4) is 11.4 Å². The number of rotatable bonds is 5. The van der Waals surface area contributed by atoms with Crippen LogP contribution in [0, 0.1) is 11.6 Å². The molecule has 1 aliphatic rings. The molecular weight excluding hydrogens is 328 g/mol. The Bertz CT molecular complexity index is 860. The summed E-state index contributed by atoms with van der Waals surface area (Å²) in [4.78, 5) is 8.26. The number of nitrogens with one attached hydrogen (secondary N) is 2. The molecule has 3 nitrogen and oxygen atoms in total. The summed E-state index contributed by atoms with van der Waals surface area (Å²) in [5.41, 5.74) is 2.34. The van der Waals surface area contributed by atoms with Crippen molar-refractivity contribution < 1.29 is 8.78 Å². The van der Waals surface area contributed by atoms with Crippen molar-refractivity contribution in [3.05, 3.63) is 66.0 Å². The van der Waals surface area contributed by atoms with Crippen molar-refractivity contribution in [3.63, 3.8) is 0 Å². The molecule has 1 aliphatic carbocycles. The second-order valence-electron chi connectivity index (χ2n) is 5.80. The lowest BCUT2D eigenvalue weighted by molar-refractivity contribution is 0.589. The van der Waals surface area contributed by atoms with Crippen molar-refractivity contribution in [2.75, 3.05) is 4.72 Å². The summed E-state index contributed by atoms with van der Waals surface area (Å²) in [5, 5.41) is 0. The number of benzene rings is 1. The number of hydrogen-bond donors (Lipinski definition) is 2. The molecule has 1 fully saturated rings. The molecule has 0 atom stereocenters. The van der Waals surface area contributed by atoms with E-state index >= 15 is 0 Å². The van der Waals surface area contributed by atoms with E-state index in [1.54, 1.807) is 12.4 Å². The van der Waals surface area contributed by atoms with E-state index in [9.17, 15) is 8.78 Å². The summed E-state index contributed by atoms with van der Waals surface area (Å²) in [5.74, 6) is -0.580. The molecule has 24 heavy (non-hydrogen) atoms. The SMILES string of the molecule is Fc1cc(C2CC2)c(F)cc1NSc1c[nH]c(-c2ccccn2)c1. The van der Waals surface area contributed by atoms with E-state index in [-0.39, 0.29) is 17.4 Å². The minimum atomic E-state index is -0.425. The van der Waals surface area contributed by atoms with Crippen LogP contribution < -0.4 is 4.72 Å². The number of aromatic nitrogens is 2. The first-order valence-electron chi connectivity index (χ1n) is 7.72. The number of hydrogen-bond acceptors (Lipinski definition) is 3. The highest BCUT2D eigenvalue weighted by Crippen LogP contribution is 2.42. The highest BCUT2D eigenvalue weighted by molar-refractivity contribution is 8.00. The quantitative estimate of drug-likeness (QED) is 0.613. The Balaban J connectivity index is 1.47. The average molecular weight is 343 g/mol. The molecule has 1 saturated carbocycles. The minimum Gasteiger partial charge on any atom is -0.359 e. The maximum atomic E-state index is 14.1. The fourth-order valence-corrected chi connectivity index (χ4v) is 3.24. The molecule has 0 spiro atoms. The molecule has 0 amide bonds. The van der Waals surface area contributed by atoms with Gasteiger partial charge in [-0.25, -0.2) is 8.78 Å². The average Bonchev–Trinajstić information content (AvgIpc) is 3.33. The Hall–Kier alpha value is -2.34. The van der Waals surface area contributed by atoms with Gasteiger partial charge in [0.15, 0.2) is 0 Å². The molecule has 0 aliphatic heterocycles. The van der Waals surface area contributed by atoms with Crippen LogP contribution in [0.2, 0.25) is 0 Å². The van der Waals surface area contributed by atoms with E-state index in [2.05, 4.69) is 14.7 Å². The van der Waals surface area contributed by atoms with Crippen LogP contribution in [-0.2, 0) is 0 Å². The molecule has 122 valence electrons. The van der Waals surface area contributed by atoms with Crippen molar-refractivity contribution in [2.45, 2.75) is 23.7 Å². The number of nitrogens with zero attached hydrogens (tertiary/aromatic N) is 1. The van der Waals surface area contributed by atoms with Gasteiger partial charge in [-0.2, -0.15) is 0 Å². The first-order valence-corrected chi connectivity index (χ1v) is 8.54. The van der Waals surface area contributed by atoms with Gasteiger partial charge in [-0.15, -0.1) is 0 Å². The number of anilines is 1. The Labute approximate surface area is 142 Å². The number of pyridine rings is 1. The molecule has 3 aromatic rings. The third-order valence-electron chi connectivity index (χ3n) is 3.98. The molecule has 2 N–H and O–H groups in total. The first kappa shape index (κ1) is 15.2. The molecule has 2 aromatic heterocycles. The summed E-state index contributed by atoms with van der Waals surface area (Å²) in [7, 11) is 0. The normalized spacial score (nSPS) is 13.9. The van der Waals surface area contributed by atoms with Gasteiger partial charge in [0.25, 0.3) is 0 Å². The van der Waals surface area contributed by atoms with Crippen LogP contribution in [0.1, 0.15) is 24.3 Å². The van der Waals surface area contributed by atoms with Crippen molar-refractivity contribution in [2.24, 2.45) is 0 Å². The van der Waals surface area contributed by atoms with Crippen LogP contribution >= 0.6 is 11.9 Å². The third-order valence-corrected chi connectivity index (χ3v) is 4.77. The molecule has 0 bridgehead atoms. The van der Waals surface area contributed by atoms with Crippen LogP contribution in [0.4, 0.5) is 14.5 Å². The predicted molar refractivity (Wildman–Crippen MR) is 91.8 cm³/mol. The Morgan fingerprint density at radius 1 is 1.12 bits per heavy atom. The summed E-state index contributed by atoms with van der Waals surface area (Å²) < 4.78 is 31.1. The van der Waals surface area contributed by atoms with Gasteiger partial charge in [0.05, 0.1) is 17.1 Å². The molecule has 6 heteroatoms. The largest absolute Gasteiger partial charge is 0.359 e. The third kappa shape index (κ3) is 3.14. The predicted octanol–water partition coefficient (Wildman–Crippen LogP) is 5.35. The summed E-state index contributed by atoms with van der Waals surface area (Å²) >= 11 is 1.23. The molecule has 0 saturated heterocycles. The van der Waals surface area contributed by atoms with Gasteiger partial charge in [-0.05, 0) is 60.5 Å². The van der Waals surface area contributed by atoms with E-state index in [0.29, 0.717) is 5.56 Å². The van der Waals surface area contributed by atoms with Gasteiger partial charge in [-0.3, -0.25) is 4.98 Å². The van der Waals surface area contributed by atoms with E-state index in [1.165, 1.54) is 24.1 Å². The highest BCUT2D eigenvalue weighted by Gasteiger charge is 2.27. The summed E-state index contributed by atoms with van der Waals surface area (Å²) in [6.07, 6.45) is 5.41. The van der Waals surface area contributed by atoms with E-state index in [0.717, 1.165) is 29.1 Å². The second kappa shape index (κ2) is 6.28. The number of aromatic amines is 1. The lowest BCUT2D eigenvalue weighted by Gasteiger charge is -2.08. The zero-order valence-electron chi connectivity index (χ0n) is 12.7. The monoisotopic (exact) mass is 343 g/mol. The molecule has 4 rings (SSSR count). The van der Waals surface area contributed by atoms with Crippen molar-refractivity contribution >= 4 is 17.6 Å². The lowest BCUT2D eigenvalue weighted by atomic mass is 10.1. The number of halogens is 2. The first-order chi connectivity index (χ1) is 11.7. The van der Waals surface area contributed by atoms with E-state index < -0.39 is 5.82 Å². The molecule has 2 heterocycles. The van der Waals surface area contributed by atoms with Crippen LogP contribution in [0.5, 0.6) is 0 Å². The topological polar surface area (TPSA) is 40.7 Å². The van der Waals surface area contributed by atoms with Crippen molar-refractivity contribution in [1.29, 1.82) is 0 Å². The molecule has 1 aromatic carbocycles.